The molecule has 0 saturated heterocycles. The van der Waals surface area contributed by atoms with Crippen LogP contribution < -0.4 is 0 Å². The third-order valence-electron chi connectivity index (χ3n) is 2.27. The number of carboxylic acids is 1. The van der Waals surface area contributed by atoms with E-state index >= 15 is 0 Å². The second-order valence-corrected chi connectivity index (χ2v) is 3.05. The number of carbonyl (C=O) groups is 1. The lowest BCUT2D eigenvalue weighted by molar-refractivity contribution is -0.142. The molecule has 1 N–H and O–H groups in total. The predicted molar refractivity (Wildman–Crippen MR) is 39.7 cm³/mol. The molecule has 0 saturated carbocycles. The molecule has 0 spiro atoms. The number of aryl methyl sites for hydroxylation is 1. The summed E-state index contributed by atoms with van der Waals surface area (Å²) in [6.45, 7) is 0. The van der Waals surface area contributed by atoms with Gasteiger partial charge in [0.25, 0.3) is 0 Å². The molecule has 0 aliphatic heterocycles. The first-order valence-electron chi connectivity index (χ1n) is 3.92. The number of carboxylic acid groups (broad SMARTS) is 1. The minimum absolute atomic E-state index is 0.287. The first kappa shape index (κ1) is 7.34. The highest BCUT2D eigenvalue weighted by Gasteiger charge is 2.26. The summed E-state index contributed by atoms with van der Waals surface area (Å²) in [5, 5.41) is 12.4. The van der Waals surface area contributed by atoms with Crippen LogP contribution in [-0.4, -0.2) is 16.2 Å². The van der Waals surface area contributed by atoms with Crippen LogP contribution in [0.3, 0.4) is 0 Å². The first-order valence-corrected chi connectivity index (χ1v) is 3.92. The minimum atomic E-state index is -0.739. The summed E-state index contributed by atoms with van der Waals surface area (Å²) in [6, 6.07) is 0. The molecule has 0 unspecified atom stereocenters. The number of aromatic nitrogens is 1. The largest absolute Gasteiger partial charge is 0.481 e. The Morgan fingerprint density at radius 3 is 3.33 bits per heavy atom. The second-order valence-electron chi connectivity index (χ2n) is 3.05. The molecule has 1 aliphatic rings. The molecule has 0 aromatic carbocycles. The Morgan fingerprint density at radius 1 is 1.75 bits per heavy atom. The second kappa shape index (κ2) is 2.62. The fourth-order valence-corrected chi connectivity index (χ4v) is 1.52. The molecular formula is C8H9NO3. The maximum absolute atomic E-state index is 10.6. The van der Waals surface area contributed by atoms with Crippen LogP contribution in [0.15, 0.2) is 10.7 Å². The Balaban J connectivity index is 2.20. The van der Waals surface area contributed by atoms with Crippen LogP contribution >= 0.6 is 0 Å². The maximum Gasteiger partial charge on any atom is 0.306 e. The van der Waals surface area contributed by atoms with Gasteiger partial charge in [0.2, 0.25) is 0 Å². The highest BCUT2D eigenvalue weighted by Crippen LogP contribution is 2.24. The van der Waals surface area contributed by atoms with E-state index in [4.69, 9.17) is 9.63 Å². The van der Waals surface area contributed by atoms with Gasteiger partial charge in [-0.05, 0) is 12.8 Å². The van der Waals surface area contributed by atoms with Crippen LogP contribution in [0.2, 0.25) is 0 Å². The zero-order valence-corrected chi connectivity index (χ0v) is 6.49. The van der Waals surface area contributed by atoms with Gasteiger partial charge in [0.05, 0.1) is 12.1 Å². The topological polar surface area (TPSA) is 63.3 Å². The van der Waals surface area contributed by atoms with E-state index in [1.54, 1.807) is 6.20 Å². The van der Waals surface area contributed by atoms with Gasteiger partial charge in [-0.2, -0.15) is 0 Å². The van der Waals surface area contributed by atoms with Crippen molar-refractivity contribution in [2.24, 2.45) is 5.92 Å². The summed E-state index contributed by atoms with van der Waals surface area (Å²) in [7, 11) is 0. The quantitative estimate of drug-likeness (QED) is 0.673. The van der Waals surface area contributed by atoms with Crippen molar-refractivity contribution in [1.82, 2.24) is 5.16 Å². The highest BCUT2D eigenvalue weighted by molar-refractivity contribution is 5.70. The lowest BCUT2D eigenvalue weighted by Gasteiger charge is -2.15. The molecule has 0 bridgehead atoms. The summed E-state index contributed by atoms with van der Waals surface area (Å²) in [4.78, 5) is 10.6. The van der Waals surface area contributed by atoms with Gasteiger partial charge in [-0.1, -0.05) is 5.16 Å². The van der Waals surface area contributed by atoms with E-state index in [0.29, 0.717) is 12.8 Å². The van der Waals surface area contributed by atoms with Crippen LogP contribution in [0, 0.1) is 5.92 Å². The van der Waals surface area contributed by atoms with Crippen molar-refractivity contribution in [2.75, 3.05) is 0 Å². The monoisotopic (exact) mass is 167 g/mol. The summed E-state index contributed by atoms with van der Waals surface area (Å²) in [5.74, 6) is -0.281. The molecule has 1 aromatic rings. The van der Waals surface area contributed by atoms with Crippen LogP contribution in [0.1, 0.15) is 17.7 Å². The van der Waals surface area contributed by atoms with E-state index in [2.05, 4.69) is 5.16 Å². The number of aliphatic carboxylic acids is 1. The third kappa shape index (κ3) is 1.09. The average Bonchev–Trinajstić information content (AvgIpc) is 2.49. The molecule has 4 nitrogen and oxygen atoms in total. The Kier molecular flexibility index (Phi) is 1.60. The number of nitrogens with zero attached hydrogens (tertiary/aromatic N) is 1. The van der Waals surface area contributed by atoms with Crippen molar-refractivity contribution in [2.45, 2.75) is 19.3 Å². The Morgan fingerprint density at radius 2 is 2.58 bits per heavy atom. The lowest BCUT2D eigenvalue weighted by Crippen LogP contribution is -2.21. The number of hydrogen-bond acceptors (Lipinski definition) is 3. The molecule has 12 heavy (non-hydrogen) atoms. The molecular weight excluding hydrogens is 158 g/mol. The molecule has 1 aromatic heterocycles. The van der Waals surface area contributed by atoms with Crippen molar-refractivity contribution in [1.29, 1.82) is 0 Å². The summed E-state index contributed by atoms with van der Waals surface area (Å²) >= 11 is 0. The van der Waals surface area contributed by atoms with Gasteiger partial charge in [0.15, 0.2) is 0 Å². The average molecular weight is 167 g/mol. The zero-order valence-electron chi connectivity index (χ0n) is 6.49. The molecule has 2 rings (SSSR count). The first-order chi connectivity index (χ1) is 5.77. The van der Waals surface area contributed by atoms with Gasteiger partial charge in [-0.15, -0.1) is 0 Å². The van der Waals surface area contributed by atoms with Gasteiger partial charge in [-0.3, -0.25) is 4.79 Å². The number of rotatable bonds is 1. The van der Waals surface area contributed by atoms with Crippen molar-refractivity contribution < 1.29 is 14.4 Å². The summed E-state index contributed by atoms with van der Waals surface area (Å²) < 4.78 is 4.92. The highest BCUT2D eigenvalue weighted by atomic mass is 16.5. The summed E-state index contributed by atoms with van der Waals surface area (Å²) in [6.07, 6.45) is 3.64. The SMILES string of the molecule is O=C(O)[C@@H]1CCc2cnoc2C1. The minimum Gasteiger partial charge on any atom is -0.481 e. The molecule has 1 atom stereocenters. The Labute approximate surface area is 69.2 Å². The van der Waals surface area contributed by atoms with Crippen LogP contribution in [0.5, 0.6) is 0 Å². The number of hydrogen-bond donors (Lipinski definition) is 1. The predicted octanol–water partition coefficient (Wildman–Crippen LogP) is 0.864. The van der Waals surface area contributed by atoms with Gasteiger partial charge >= 0.3 is 5.97 Å². The van der Waals surface area contributed by atoms with E-state index in [1.165, 1.54) is 0 Å². The van der Waals surface area contributed by atoms with E-state index in [0.717, 1.165) is 17.7 Å². The Bertz CT molecular complexity index is 305. The van der Waals surface area contributed by atoms with Crippen molar-refractivity contribution in [3.8, 4) is 0 Å². The molecule has 4 heteroatoms. The number of fused-ring (bicyclic) bond motifs is 1. The smallest absolute Gasteiger partial charge is 0.306 e. The summed E-state index contributed by atoms with van der Waals surface area (Å²) in [5.41, 5.74) is 1.06. The van der Waals surface area contributed by atoms with Gasteiger partial charge in [-0.25, -0.2) is 0 Å². The fourth-order valence-electron chi connectivity index (χ4n) is 1.52. The Hall–Kier alpha value is -1.32. The van der Waals surface area contributed by atoms with E-state index in [-0.39, 0.29) is 5.92 Å². The van der Waals surface area contributed by atoms with Crippen molar-refractivity contribution in [3.05, 3.63) is 17.5 Å². The maximum atomic E-state index is 10.6. The van der Waals surface area contributed by atoms with E-state index in [9.17, 15) is 4.79 Å². The molecule has 0 radical (unpaired) electrons. The fraction of sp³-hybridized carbons (Fsp3) is 0.500. The van der Waals surface area contributed by atoms with Gasteiger partial charge in [0.1, 0.15) is 5.76 Å². The van der Waals surface area contributed by atoms with Crippen molar-refractivity contribution >= 4 is 5.97 Å². The van der Waals surface area contributed by atoms with E-state index in [1.807, 2.05) is 0 Å². The van der Waals surface area contributed by atoms with E-state index < -0.39 is 5.97 Å². The van der Waals surface area contributed by atoms with Gasteiger partial charge in [0, 0.05) is 12.0 Å². The molecule has 0 fully saturated rings. The van der Waals surface area contributed by atoms with Crippen LogP contribution in [0.4, 0.5) is 0 Å². The molecule has 1 aliphatic carbocycles. The standard InChI is InChI=1S/C8H9NO3/c10-8(11)5-1-2-6-4-9-12-7(6)3-5/h4-5H,1-3H2,(H,10,11)/t5-/m1/s1. The normalized spacial score (nSPS) is 21.8. The molecule has 64 valence electrons. The lowest BCUT2D eigenvalue weighted by atomic mass is 9.89. The van der Waals surface area contributed by atoms with Crippen LogP contribution in [0.25, 0.3) is 0 Å². The third-order valence-corrected chi connectivity index (χ3v) is 2.27. The van der Waals surface area contributed by atoms with Gasteiger partial charge < -0.3 is 9.63 Å². The zero-order chi connectivity index (χ0) is 8.55. The van der Waals surface area contributed by atoms with Crippen molar-refractivity contribution in [3.63, 3.8) is 0 Å². The van der Waals surface area contributed by atoms with Crippen LogP contribution in [-0.2, 0) is 17.6 Å². The molecule has 1 heterocycles. The molecule has 0 amide bonds.